The van der Waals surface area contributed by atoms with E-state index in [1.807, 2.05) is 0 Å². The van der Waals surface area contributed by atoms with Gasteiger partial charge in [-0.05, 0) is 38.7 Å². The van der Waals surface area contributed by atoms with Crippen molar-refractivity contribution in [2.45, 2.75) is 13.0 Å². The van der Waals surface area contributed by atoms with Crippen LogP contribution in [0.4, 0.5) is 5.69 Å². The molecule has 18 heavy (non-hydrogen) atoms. The molecule has 1 N–H and O–H groups in total. The van der Waals surface area contributed by atoms with E-state index in [2.05, 4.69) is 66.5 Å². The molecule has 100 valence electrons. The molecule has 0 bridgehead atoms. The largest absolute Gasteiger partial charge is 0.366 e. The van der Waals surface area contributed by atoms with Gasteiger partial charge in [0.1, 0.15) is 0 Å². The second kappa shape index (κ2) is 6.21. The predicted molar refractivity (Wildman–Crippen MR) is 78.2 cm³/mol. The van der Waals surface area contributed by atoms with Crippen molar-refractivity contribution in [1.29, 1.82) is 0 Å². The lowest BCUT2D eigenvalue weighted by molar-refractivity contribution is 0.360. The minimum absolute atomic E-state index is 0.548. The number of rotatable bonds is 3. The number of benzene rings is 1. The molecule has 2 unspecified atom stereocenters. The number of hydrogen-bond donors (Lipinski definition) is 1. The van der Waals surface area contributed by atoms with Crippen molar-refractivity contribution >= 4 is 5.69 Å². The van der Waals surface area contributed by atoms with Gasteiger partial charge in [-0.1, -0.05) is 25.1 Å². The van der Waals surface area contributed by atoms with E-state index in [9.17, 15) is 0 Å². The molecule has 3 heteroatoms. The van der Waals surface area contributed by atoms with Gasteiger partial charge in [-0.3, -0.25) is 0 Å². The van der Waals surface area contributed by atoms with Crippen molar-refractivity contribution in [3.8, 4) is 0 Å². The van der Waals surface area contributed by atoms with Gasteiger partial charge in [-0.2, -0.15) is 0 Å². The van der Waals surface area contributed by atoms with Crippen LogP contribution in [0.3, 0.4) is 0 Å². The molecule has 0 saturated carbocycles. The molecule has 3 nitrogen and oxygen atoms in total. The van der Waals surface area contributed by atoms with E-state index in [1.54, 1.807) is 0 Å². The van der Waals surface area contributed by atoms with Gasteiger partial charge in [0, 0.05) is 25.3 Å². The highest BCUT2D eigenvalue weighted by Crippen LogP contribution is 2.20. The maximum Gasteiger partial charge on any atom is 0.0541 e. The number of likely N-dealkylation sites (N-methyl/N-ethyl adjacent to an activating group) is 1. The lowest BCUT2D eigenvalue weighted by Gasteiger charge is -2.34. The summed E-state index contributed by atoms with van der Waals surface area (Å²) in [5.74, 6) is 0.692. The van der Waals surface area contributed by atoms with Crippen molar-refractivity contribution in [3.63, 3.8) is 0 Å². The van der Waals surface area contributed by atoms with Crippen LogP contribution in [-0.4, -0.2) is 51.2 Å². The van der Waals surface area contributed by atoms with Crippen LogP contribution >= 0.6 is 0 Å². The van der Waals surface area contributed by atoms with Gasteiger partial charge in [0.2, 0.25) is 0 Å². The summed E-state index contributed by atoms with van der Waals surface area (Å²) in [6.07, 6.45) is 0. The van der Waals surface area contributed by atoms with Gasteiger partial charge in [0.05, 0.1) is 6.04 Å². The monoisotopic (exact) mass is 247 g/mol. The highest BCUT2D eigenvalue weighted by molar-refractivity contribution is 5.47. The van der Waals surface area contributed by atoms with Crippen molar-refractivity contribution < 1.29 is 0 Å². The highest BCUT2D eigenvalue weighted by atomic mass is 15.2. The summed E-state index contributed by atoms with van der Waals surface area (Å²) in [5.41, 5.74) is 1.35. The van der Waals surface area contributed by atoms with Gasteiger partial charge in [0.15, 0.2) is 0 Å². The second-order valence-electron chi connectivity index (χ2n) is 5.67. The van der Waals surface area contributed by atoms with Crippen molar-refractivity contribution in [3.05, 3.63) is 30.3 Å². The van der Waals surface area contributed by atoms with Crippen molar-refractivity contribution in [1.82, 2.24) is 10.2 Å². The molecule has 2 atom stereocenters. The normalized spacial score (nSPS) is 25.2. The van der Waals surface area contributed by atoms with Gasteiger partial charge in [0.25, 0.3) is 0 Å². The minimum Gasteiger partial charge on any atom is -0.366 e. The van der Waals surface area contributed by atoms with E-state index in [0.29, 0.717) is 12.0 Å². The van der Waals surface area contributed by atoms with Crippen LogP contribution in [0.1, 0.15) is 6.92 Å². The summed E-state index contributed by atoms with van der Waals surface area (Å²) >= 11 is 0. The summed E-state index contributed by atoms with van der Waals surface area (Å²) in [7, 11) is 4.30. The van der Waals surface area contributed by atoms with E-state index in [-0.39, 0.29) is 0 Å². The number of nitrogens with one attached hydrogen (secondary N) is 1. The van der Waals surface area contributed by atoms with Crippen LogP contribution < -0.4 is 10.2 Å². The molecule has 2 rings (SSSR count). The molecule has 0 aromatic heterocycles. The van der Waals surface area contributed by atoms with Crippen LogP contribution in [0, 0.1) is 5.92 Å². The molecule has 0 radical (unpaired) electrons. The molecule has 1 aromatic rings. The molecule has 1 aromatic carbocycles. The third-order valence-electron chi connectivity index (χ3n) is 3.49. The third kappa shape index (κ3) is 3.47. The maximum absolute atomic E-state index is 3.58. The SMILES string of the molecule is CC1CNCC(CN(C)C)N(c2ccccc2)C1. The molecule has 1 fully saturated rings. The lowest BCUT2D eigenvalue weighted by Crippen LogP contribution is -2.46. The first-order valence-corrected chi connectivity index (χ1v) is 6.84. The Balaban J connectivity index is 2.19. The number of anilines is 1. The van der Waals surface area contributed by atoms with E-state index >= 15 is 0 Å². The summed E-state index contributed by atoms with van der Waals surface area (Å²) in [6, 6.07) is 11.3. The Morgan fingerprint density at radius 3 is 2.61 bits per heavy atom. The van der Waals surface area contributed by atoms with Crippen molar-refractivity contribution in [2.24, 2.45) is 5.92 Å². The molecule has 0 aliphatic carbocycles. The van der Waals surface area contributed by atoms with Gasteiger partial charge >= 0.3 is 0 Å². The van der Waals surface area contributed by atoms with Gasteiger partial charge in [-0.15, -0.1) is 0 Å². The molecule has 0 spiro atoms. The maximum atomic E-state index is 3.58. The second-order valence-corrected chi connectivity index (χ2v) is 5.67. The average molecular weight is 247 g/mol. The smallest absolute Gasteiger partial charge is 0.0541 e. The molecule has 1 saturated heterocycles. The third-order valence-corrected chi connectivity index (χ3v) is 3.49. The topological polar surface area (TPSA) is 18.5 Å². The zero-order valence-electron chi connectivity index (χ0n) is 11.8. The Bertz CT molecular complexity index is 350. The first-order chi connectivity index (χ1) is 8.66. The van der Waals surface area contributed by atoms with Gasteiger partial charge < -0.3 is 15.1 Å². The van der Waals surface area contributed by atoms with E-state index < -0.39 is 0 Å². The molecular weight excluding hydrogens is 222 g/mol. The fraction of sp³-hybridized carbons (Fsp3) is 0.600. The van der Waals surface area contributed by atoms with Crippen molar-refractivity contribution in [2.75, 3.05) is 45.2 Å². The molecule has 1 heterocycles. The lowest BCUT2D eigenvalue weighted by atomic mass is 10.1. The van der Waals surface area contributed by atoms with Crippen LogP contribution in [0.5, 0.6) is 0 Å². The Hall–Kier alpha value is -1.06. The Labute approximate surface area is 111 Å². The standard InChI is InChI=1S/C15H25N3/c1-13-9-16-10-15(12-17(2)3)18(11-13)14-7-5-4-6-8-14/h4-8,13,15-16H,9-12H2,1-3H3. The summed E-state index contributed by atoms with van der Waals surface area (Å²) in [6.45, 7) is 6.73. The summed E-state index contributed by atoms with van der Waals surface area (Å²) < 4.78 is 0. The summed E-state index contributed by atoms with van der Waals surface area (Å²) in [4.78, 5) is 4.84. The molecule has 1 aliphatic heterocycles. The Morgan fingerprint density at radius 1 is 1.22 bits per heavy atom. The Morgan fingerprint density at radius 2 is 1.94 bits per heavy atom. The van der Waals surface area contributed by atoms with E-state index in [1.165, 1.54) is 5.69 Å². The zero-order valence-corrected chi connectivity index (χ0v) is 11.8. The highest BCUT2D eigenvalue weighted by Gasteiger charge is 2.24. The average Bonchev–Trinajstić information content (AvgIpc) is 2.52. The number of hydrogen-bond acceptors (Lipinski definition) is 3. The minimum atomic E-state index is 0.548. The fourth-order valence-corrected chi connectivity index (χ4v) is 2.68. The fourth-order valence-electron chi connectivity index (χ4n) is 2.68. The predicted octanol–water partition coefficient (Wildman–Crippen LogP) is 1.66. The zero-order chi connectivity index (χ0) is 13.0. The number of nitrogens with zero attached hydrogens (tertiary/aromatic N) is 2. The molecule has 0 amide bonds. The van der Waals surface area contributed by atoms with Crippen LogP contribution in [-0.2, 0) is 0 Å². The Kier molecular flexibility index (Phi) is 4.61. The van der Waals surface area contributed by atoms with Crippen LogP contribution in [0.25, 0.3) is 0 Å². The van der Waals surface area contributed by atoms with E-state index in [4.69, 9.17) is 0 Å². The van der Waals surface area contributed by atoms with E-state index in [0.717, 1.165) is 26.2 Å². The van der Waals surface area contributed by atoms with Gasteiger partial charge in [-0.25, -0.2) is 0 Å². The number of para-hydroxylation sites is 1. The van der Waals surface area contributed by atoms with Crippen LogP contribution in [0.15, 0.2) is 30.3 Å². The quantitative estimate of drug-likeness (QED) is 0.876. The first-order valence-electron chi connectivity index (χ1n) is 6.84. The summed E-state index contributed by atoms with van der Waals surface area (Å²) in [5, 5.41) is 3.58. The molecule has 1 aliphatic rings. The molecular formula is C15H25N3. The first kappa shape index (κ1) is 13.4. The van der Waals surface area contributed by atoms with Crippen LogP contribution in [0.2, 0.25) is 0 Å².